The van der Waals surface area contributed by atoms with E-state index in [1.165, 1.54) is 6.33 Å². The lowest BCUT2D eigenvalue weighted by Gasteiger charge is -2.32. The zero-order valence-corrected chi connectivity index (χ0v) is 36.4. The Kier molecular flexibility index (Phi) is 13.6. The van der Waals surface area contributed by atoms with Crippen molar-refractivity contribution in [3.63, 3.8) is 0 Å². The summed E-state index contributed by atoms with van der Waals surface area (Å²) in [6.45, 7) is 4.41. The highest BCUT2D eigenvalue weighted by atomic mass is 16.5. The molecule has 0 radical (unpaired) electrons. The Morgan fingerprint density at radius 2 is 1.64 bits per heavy atom. The molecule has 2 atom stereocenters. The summed E-state index contributed by atoms with van der Waals surface area (Å²) < 4.78 is 26.6. The number of ether oxygens (including phenoxy) is 4. The standard InChI is InChI=1S/C47H51N11O8/c48-43-41-42(32-11-13-36(14-12-32)66-35-8-2-1-3-9-35)53-58(44(41)50-30-49-43)34-7-4-18-55(28-34)47(62)38-29-56(54-52-38)19-21-64-23-25-65-24-22-63-20-5-6-31-10-15-37-33(26-31)27-57(46(37)61)39-16-17-40(59)51-45(39)60/h1-3,8-15,26,29-30,34,39H,4-7,16-25,27-28H2,(H2,48,49,50)(H,51,59,60)/t34-,39?/m1/s1. The maximum atomic E-state index is 13.7. The molecule has 6 heterocycles. The van der Waals surface area contributed by atoms with Crippen LogP contribution in [0.2, 0.25) is 0 Å². The van der Waals surface area contributed by atoms with Crippen molar-refractivity contribution < 1.29 is 38.1 Å². The number of hydrogen-bond donors (Lipinski definition) is 2. The number of hydrogen-bond acceptors (Lipinski definition) is 14. The minimum atomic E-state index is -0.619. The molecule has 0 bridgehead atoms. The Bertz CT molecular complexity index is 2690. The zero-order valence-electron chi connectivity index (χ0n) is 36.4. The average Bonchev–Trinajstić information content (AvgIpc) is 4.06. The van der Waals surface area contributed by atoms with Gasteiger partial charge in [0.25, 0.3) is 11.8 Å². The van der Waals surface area contributed by atoms with E-state index in [2.05, 4.69) is 25.6 Å². The van der Waals surface area contributed by atoms with Crippen LogP contribution in [0, 0.1) is 0 Å². The van der Waals surface area contributed by atoms with E-state index < -0.39 is 11.9 Å². The molecule has 2 saturated heterocycles. The highest BCUT2D eigenvalue weighted by Gasteiger charge is 2.39. The minimum Gasteiger partial charge on any atom is -0.457 e. The molecule has 6 aromatic rings. The second-order valence-corrected chi connectivity index (χ2v) is 16.4. The number of rotatable bonds is 19. The lowest BCUT2D eigenvalue weighted by Crippen LogP contribution is -2.52. The zero-order chi connectivity index (χ0) is 45.4. The van der Waals surface area contributed by atoms with Gasteiger partial charge in [-0.25, -0.2) is 19.3 Å². The smallest absolute Gasteiger partial charge is 0.276 e. The molecule has 1 unspecified atom stereocenters. The number of aromatic nitrogens is 7. The third-order valence-corrected chi connectivity index (χ3v) is 12.0. The summed E-state index contributed by atoms with van der Waals surface area (Å²) in [4.78, 5) is 62.7. The summed E-state index contributed by atoms with van der Waals surface area (Å²) in [6, 6.07) is 22.2. The van der Waals surface area contributed by atoms with Crippen molar-refractivity contribution in [1.82, 2.24) is 49.9 Å². The molecule has 2 fully saturated rings. The average molecular weight is 898 g/mol. The molecule has 0 aliphatic carbocycles. The van der Waals surface area contributed by atoms with Crippen molar-refractivity contribution in [3.8, 4) is 22.8 Å². The Labute approximate surface area is 380 Å². The molecule has 3 aromatic heterocycles. The first kappa shape index (κ1) is 44.1. The Balaban J connectivity index is 0.668. The van der Waals surface area contributed by atoms with Crippen molar-refractivity contribution in [2.75, 3.05) is 58.5 Å². The molecule has 3 aliphatic heterocycles. The van der Waals surface area contributed by atoms with E-state index in [-0.39, 0.29) is 35.9 Å². The molecule has 3 N–H and O–H groups in total. The van der Waals surface area contributed by atoms with Gasteiger partial charge in [-0.15, -0.1) is 5.10 Å². The van der Waals surface area contributed by atoms with Crippen molar-refractivity contribution >= 4 is 40.5 Å². The van der Waals surface area contributed by atoms with Gasteiger partial charge >= 0.3 is 0 Å². The molecule has 0 spiro atoms. The molecular formula is C47H51N11O8. The number of imide groups is 1. The SMILES string of the molecule is Nc1ncnc2c1c(-c1ccc(Oc3ccccc3)cc1)nn2[C@@H]1CCCN(C(=O)c2cn(CCOCCOCCOCCCc3ccc4c(c3)CN(C3CCC(=O)NC3=O)C4=O)nn2)C1. The molecule has 19 heteroatoms. The first-order chi connectivity index (χ1) is 32.3. The largest absolute Gasteiger partial charge is 0.457 e. The molecule has 19 nitrogen and oxygen atoms in total. The van der Waals surface area contributed by atoms with Gasteiger partial charge in [-0.2, -0.15) is 5.10 Å². The van der Waals surface area contributed by atoms with Gasteiger partial charge in [-0.1, -0.05) is 35.5 Å². The van der Waals surface area contributed by atoms with Gasteiger partial charge in [0.2, 0.25) is 11.8 Å². The molecule has 342 valence electrons. The lowest BCUT2D eigenvalue weighted by atomic mass is 10.0. The van der Waals surface area contributed by atoms with Crippen LogP contribution in [0.25, 0.3) is 22.3 Å². The van der Waals surface area contributed by atoms with Crippen LogP contribution in [0.4, 0.5) is 5.82 Å². The van der Waals surface area contributed by atoms with Crippen LogP contribution in [0.5, 0.6) is 11.5 Å². The van der Waals surface area contributed by atoms with E-state index in [0.717, 1.165) is 48.1 Å². The predicted octanol–water partition coefficient (Wildman–Crippen LogP) is 4.38. The third-order valence-electron chi connectivity index (χ3n) is 12.0. The summed E-state index contributed by atoms with van der Waals surface area (Å²) in [5, 5.41) is 16.4. The van der Waals surface area contributed by atoms with Crippen LogP contribution in [-0.2, 0) is 43.3 Å². The molecule has 9 rings (SSSR count). The Morgan fingerprint density at radius 3 is 2.44 bits per heavy atom. The quantitative estimate of drug-likeness (QED) is 0.0851. The number of para-hydroxylation sites is 1. The van der Waals surface area contributed by atoms with E-state index >= 15 is 0 Å². The highest BCUT2D eigenvalue weighted by Crippen LogP contribution is 2.35. The topological polar surface area (TPSA) is 224 Å². The van der Waals surface area contributed by atoms with Crippen LogP contribution < -0.4 is 15.8 Å². The van der Waals surface area contributed by atoms with Gasteiger partial charge in [0.15, 0.2) is 11.3 Å². The van der Waals surface area contributed by atoms with Gasteiger partial charge in [-0.05, 0) is 85.7 Å². The molecule has 66 heavy (non-hydrogen) atoms. The van der Waals surface area contributed by atoms with Crippen LogP contribution in [0.1, 0.15) is 70.1 Å². The van der Waals surface area contributed by atoms with Crippen molar-refractivity contribution in [1.29, 1.82) is 0 Å². The maximum Gasteiger partial charge on any atom is 0.276 e. The number of piperidine rings is 2. The number of anilines is 1. The number of amides is 4. The second kappa shape index (κ2) is 20.4. The Morgan fingerprint density at radius 1 is 0.864 bits per heavy atom. The van der Waals surface area contributed by atoms with Crippen molar-refractivity contribution in [2.45, 2.75) is 63.7 Å². The van der Waals surface area contributed by atoms with Crippen LogP contribution >= 0.6 is 0 Å². The van der Waals surface area contributed by atoms with E-state index in [4.69, 9.17) is 29.8 Å². The monoisotopic (exact) mass is 897 g/mol. The Hall–Kier alpha value is -7.09. The summed E-state index contributed by atoms with van der Waals surface area (Å²) >= 11 is 0. The first-order valence-corrected chi connectivity index (χ1v) is 22.3. The van der Waals surface area contributed by atoms with Gasteiger partial charge in [0.05, 0.1) is 57.2 Å². The number of carbonyl (C=O) groups excluding carboxylic acids is 4. The minimum absolute atomic E-state index is 0.147. The summed E-state index contributed by atoms with van der Waals surface area (Å²) in [5.74, 6) is 0.680. The normalized spacial score (nSPS) is 17.4. The second-order valence-electron chi connectivity index (χ2n) is 16.4. The molecule has 4 amide bonds. The summed E-state index contributed by atoms with van der Waals surface area (Å²) in [5.41, 5.74) is 11.4. The number of fused-ring (bicyclic) bond motifs is 2. The number of nitrogen functional groups attached to an aromatic ring is 1. The molecule has 3 aliphatic rings. The van der Waals surface area contributed by atoms with Crippen molar-refractivity contribution in [3.05, 3.63) is 108 Å². The summed E-state index contributed by atoms with van der Waals surface area (Å²) in [6.07, 6.45) is 6.82. The van der Waals surface area contributed by atoms with Crippen LogP contribution in [0.15, 0.2) is 85.3 Å². The van der Waals surface area contributed by atoms with Gasteiger partial charge in [-0.3, -0.25) is 24.5 Å². The summed E-state index contributed by atoms with van der Waals surface area (Å²) in [7, 11) is 0. The molecule has 3 aromatic carbocycles. The number of nitrogens with two attached hydrogens (primary N) is 1. The number of aryl methyl sites for hydroxylation is 1. The highest BCUT2D eigenvalue weighted by molar-refractivity contribution is 6.05. The van der Waals surface area contributed by atoms with E-state index in [0.29, 0.717) is 106 Å². The van der Waals surface area contributed by atoms with E-state index in [1.807, 2.05) is 77.5 Å². The van der Waals surface area contributed by atoms with Gasteiger partial charge in [0.1, 0.15) is 35.4 Å². The number of likely N-dealkylation sites (tertiary alicyclic amines) is 1. The fourth-order valence-corrected chi connectivity index (χ4v) is 8.63. The molecule has 0 saturated carbocycles. The van der Waals surface area contributed by atoms with Crippen LogP contribution in [-0.4, -0.2) is 127 Å². The molecular weight excluding hydrogens is 847 g/mol. The van der Waals surface area contributed by atoms with Gasteiger partial charge in [0, 0.05) is 43.8 Å². The van der Waals surface area contributed by atoms with E-state index in [9.17, 15) is 19.2 Å². The fraction of sp³-hybridized carbons (Fsp3) is 0.383. The first-order valence-electron chi connectivity index (χ1n) is 22.3. The van der Waals surface area contributed by atoms with Crippen molar-refractivity contribution in [2.24, 2.45) is 0 Å². The van der Waals surface area contributed by atoms with E-state index in [1.54, 1.807) is 20.7 Å². The predicted molar refractivity (Wildman–Crippen MR) is 239 cm³/mol. The maximum absolute atomic E-state index is 13.7. The van der Waals surface area contributed by atoms with Gasteiger partial charge < -0.3 is 34.5 Å². The third kappa shape index (κ3) is 10.1. The number of carbonyl (C=O) groups is 4. The number of benzene rings is 3. The lowest BCUT2D eigenvalue weighted by molar-refractivity contribution is -0.136. The van der Waals surface area contributed by atoms with Crippen LogP contribution in [0.3, 0.4) is 0 Å². The number of nitrogens with zero attached hydrogens (tertiary/aromatic N) is 9. The fourth-order valence-electron chi connectivity index (χ4n) is 8.63. The number of nitrogens with one attached hydrogen (secondary N) is 1.